The molecule has 0 fully saturated rings. The summed E-state index contributed by atoms with van der Waals surface area (Å²) in [6.07, 6.45) is 0. The van der Waals surface area contributed by atoms with Gasteiger partial charge in [0.1, 0.15) is 0 Å². The number of para-hydroxylation sites is 1. The summed E-state index contributed by atoms with van der Waals surface area (Å²) in [4.78, 5) is 2.08. The van der Waals surface area contributed by atoms with Crippen molar-refractivity contribution >= 4 is 13.0 Å². The van der Waals surface area contributed by atoms with Crippen molar-refractivity contribution in [2.45, 2.75) is 0 Å². The summed E-state index contributed by atoms with van der Waals surface area (Å²) in [6.45, 7) is 0. The zero-order chi connectivity index (χ0) is 26.6. The molecule has 0 heterocycles. The fraction of sp³-hybridized carbons (Fsp3) is 0.100. The molecule has 0 saturated carbocycles. The molecule has 35 heavy (non-hydrogen) atoms. The molecule has 0 unspecified atom stereocenters. The number of rotatable bonds is 5. The van der Waals surface area contributed by atoms with Gasteiger partial charge in [-0.05, 0) is 12.1 Å². The van der Waals surface area contributed by atoms with Gasteiger partial charge in [0.2, 0.25) is 58.2 Å². The number of halogens is 10. The van der Waals surface area contributed by atoms with Crippen LogP contribution in [-0.4, -0.2) is 26.4 Å². The SMILES string of the molecule is CN(C)c1ccccc1.OB(Oc1c(F)c(F)c(F)c(F)c1F)Oc1c(F)c(F)c(F)c(F)c1F. The van der Waals surface area contributed by atoms with Gasteiger partial charge in [0.15, 0.2) is 11.5 Å². The zero-order valence-electron chi connectivity index (χ0n) is 17.5. The van der Waals surface area contributed by atoms with Gasteiger partial charge in [-0.1, -0.05) is 18.2 Å². The van der Waals surface area contributed by atoms with E-state index in [4.69, 9.17) is 5.02 Å². The van der Waals surface area contributed by atoms with E-state index in [2.05, 4.69) is 26.3 Å². The predicted molar refractivity (Wildman–Crippen MR) is 102 cm³/mol. The Morgan fingerprint density at radius 2 is 0.829 bits per heavy atom. The Hall–Kier alpha value is -3.62. The first-order valence-corrected chi connectivity index (χ1v) is 9.06. The average Bonchev–Trinajstić information content (AvgIpc) is 2.85. The number of anilines is 1. The lowest BCUT2D eigenvalue weighted by molar-refractivity contribution is 0.253. The van der Waals surface area contributed by atoms with Crippen LogP contribution in [-0.2, 0) is 0 Å². The molecular formula is C20H12BF10NO3. The molecule has 1 N–H and O–H groups in total. The van der Waals surface area contributed by atoms with Crippen molar-refractivity contribution in [1.82, 2.24) is 0 Å². The highest BCUT2D eigenvalue weighted by atomic mass is 19.2. The minimum Gasteiger partial charge on any atom is -0.496 e. The van der Waals surface area contributed by atoms with Crippen molar-refractivity contribution < 1.29 is 58.2 Å². The molecule has 0 spiro atoms. The van der Waals surface area contributed by atoms with Crippen LogP contribution >= 0.6 is 0 Å². The summed E-state index contributed by atoms with van der Waals surface area (Å²) >= 11 is 0. The highest BCUT2D eigenvalue weighted by molar-refractivity contribution is 6.36. The minimum absolute atomic E-state index is 1.25. The smallest absolute Gasteiger partial charge is 0.496 e. The van der Waals surface area contributed by atoms with Crippen LogP contribution in [0.15, 0.2) is 30.3 Å². The monoisotopic (exact) mass is 515 g/mol. The second-order valence-electron chi connectivity index (χ2n) is 6.57. The number of hydrogen-bond donors (Lipinski definition) is 1. The number of benzene rings is 3. The van der Waals surface area contributed by atoms with Gasteiger partial charge in [-0.3, -0.25) is 0 Å². The standard InChI is InChI=1S/C12HBF10O3.C8H11N/c14-1-3(16)7(20)11(8(21)4(1)17)25-13(24)26-12-9(22)5(18)2(15)6(19)10(12)23;1-9(2)8-6-4-3-5-7-8/h24H;3-7H,1-2H3. The first-order valence-electron chi connectivity index (χ1n) is 9.06. The van der Waals surface area contributed by atoms with Crippen LogP contribution in [0.2, 0.25) is 0 Å². The highest BCUT2D eigenvalue weighted by Crippen LogP contribution is 2.32. The van der Waals surface area contributed by atoms with Crippen molar-refractivity contribution in [1.29, 1.82) is 0 Å². The van der Waals surface area contributed by atoms with E-state index in [1.54, 1.807) is 0 Å². The lowest BCUT2D eigenvalue weighted by Crippen LogP contribution is -2.32. The molecule has 0 amide bonds. The van der Waals surface area contributed by atoms with E-state index >= 15 is 0 Å². The quantitative estimate of drug-likeness (QED) is 0.218. The third-order valence-corrected chi connectivity index (χ3v) is 4.05. The predicted octanol–water partition coefficient (Wildman–Crippen LogP) is 5.27. The van der Waals surface area contributed by atoms with E-state index in [0.717, 1.165) is 0 Å². The van der Waals surface area contributed by atoms with Crippen LogP contribution in [0.5, 0.6) is 11.5 Å². The largest absolute Gasteiger partial charge is 0.785 e. The topological polar surface area (TPSA) is 41.9 Å². The average molecular weight is 515 g/mol. The lowest BCUT2D eigenvalue weighted by Gasteiger charge is -2.14. The first-order chi connectivity index (χ1) is 16.3. The molecular weight excluding hydrogens is 503 g/mol. The van der Waals surface area contributed by atoms with Crippen molar-refractivity contribution in [2.75, 3.05) is 19.0 Å². The van der Waals surface area contributed by atoms with E-state index in [9.17, 15) is 43.9 Å². The molecule has 0 atom stereocenters. The number of nitrogens with zero attached hydrogens (tertiary/aromatic N) is 1. The van der Waals surface area contributed by atoms with Crippen LogP contribution in [0, 0.1) is 58.2 Å². The highest BCUT2D eigenvalue weighted by Gasteiger charge is 2.35. The summed E-state index contributed by atoms with van der Waals surface area (Å²) in [6, 6.07) is 10.3. The van der Waals surface area contributed by atoms with Crippen LogP contribution in [0.25, 0.3) is 0 Å². The number of hydrogen-bond acceptors (Lipinski definition) is 4. The van der Waals surface area contributed by atoms with Crippen molar-refractivity contribution in [2.24, 2.45) is 0 Å². The van der Waals surface area contributed by atoms with Crippen molar-refractivity contribution in [3.63, 3.8) is 0 Å². The lowest BCUT2D eigenvalue weighted by atomic mass is 10.2. The molecule has 3 aromatic rings. The van der Waals surface area contributed by atoms with Gasteiger partial charge in [-0.25, -0.2) is 26.3 Å². The molecule has 4 nitrogen and oxygen atoms in total. The van der Waals surface area contributed by atoms with Gasteiger partial charge in [-0.2, -0.15) is 17.6 Å². The molecule has 3 rings (SSSR count). The fourth-order valence-corrected chi connectivity index (χ4v) is 2.33. The molecule has 0 saturated heterocycles. The van der Waals surface area contributed by atoms with E-state index < -0.39 is 77.0 Å². The minimum atomic E-state index is -3.23. The second kappa shape index (κ2) is 11.2. The molecule has 0 aliphatic carbocycles. The summed E-state index contributed by atoms with van der Waals surface area (Å²) in [5.41, 5.74) is 1.25. The fourth-order valence-electron chi connectivity index (χ4n) is 2.33. The van der Waals surface area contributed by atoms with Crippen molar-refractivity contribution in [3.8, 4) is 11.5 Å². The van der Waals surface area contributed by atoms with Gasteiger partial charge in [0.25, 0.3) is 0 Å². The first kappa shape index (κ1) is 27.6. The molecule has 15 heteroatoms. The van der Waals surface area contributed by atoms with Gasteiger partial charge in [0.05, 0.1) is 0 Å². The maximum absolute atomic E-state index is 13.3. The molecule has 0 aromatic heterocycles. The summed E-state index contributed by atoms with van der Waals surface area (Å²) in [7, 11) is 0.849. The molecule has 3 aromatic carbocycles. The Morgan fingerprint density at radius 1 is 0.543 bits per heavy atom. The van der Waals surface area contributed by atoms with E-state index in [-0.39, 0.29) is 0 Å². The molecule has 0 aliphatic heterocycles. The third kappa shape index (κ3) is 5.91. The van der Waals surface area contributed by atoms with Gasteiger partial charge < -0.3 is 19.2 Å². The molecule has 0 aliphatic rings. The van der Waals surface area contributed by atoms with Crippen LogP contribution < -0.4 is 14.2 Å². The van der Waals surface area contributed by atoms with E-state index in [1.165, 1.54) is 5.69 Å². The van der Waals surface area contributed by atoms with Gasteiger partial charge in [-0.15, -0.1) is 0 Å². The van der Waals surface area contributed by atoms with E-state index in [1.807, 2.05) is 32.3 Å². The Kier molecular flexibility index (Phi) is 8.85. The van der Waals surface area contributed by atoms with Gasteiger partial charge in [0, 0.05) is 19.8 Å². The van der Waals surface area contributed by atoms with Gasteiger partial charge >= 0.3 is 7.32 Å². The van der Waals surface area contributed by atoms with Crippen LogP contribution in [0.4, 0.5) is 49.6 Å². The maximum Gasteiger partial charge on any atom is 0.785 e. The second-order valence-corrected chi connectivity index (χ2v) is 6.57. The molecule has 188 valence electrons. The zero-order valence-corrected chi connectivity index (χ0v) is 17.5. The summed E-state index contributed by atoms with van der Waals surface area (Å²) < 4.78 is 138. The Labute approximate surface area is 191 Å². The summed E-state index contributed by atoms with van der Waals surface area (Å²) in [5.74, 6) is -29.8. The van der Waals surface area contributed by atoms with Crippen molar-refractivity contribution in [3.05, 3.63) is 88.5 Å². The Morgan fingerprint density at radius 3 is 1.09 bits per heavy atom. The molecule has 0 radical (unpaired) electrons. The third-order valence-electron chi connectivity index (χ3n) is 4.05. The van der Waals surface area contributed by atoms with Crippen LogP contribution in [0.3, 0.4) is 0 Å². The van der Waals surface area contributed by atoms with Crippen LogP contribution in [0.1, 0.15) is 0 Å². The summed E-state index contributed by atoms with van der Waals surface area (Å²) in [5, 5.41) is 9.17. The normalized spacial score (nSPS) is 10.4. The molecule has 0 bridgehead atoms. The Bertz CT molecular complexity index is 1080. The Balaban J connectivity index is 0.000000402. The van der Waals surface area contributed by atoms with E-state index in [0.29, 0.717) is 0 Å². The maximum atomic E-state index is 13.3.